The SMILES string of the molecule is CC[C@@H](CO)N1C(=O)[C@@H]2[C@H]3C(=O)O[C@@H](c4ccccc4)[C@H](C)NC(=O)CC/C=C\CN(c4ccccc4Cl)C(=O)[C@@H]1[C@]21C=C(Br)[C@H]3O1. The Balaban J connectivity index is 1.50. The second kappa shape index (κ2) is 13.5. The van der Waals surface area contributed by atoms with E-state index in [4.69, 9.17) is 21.1 Å². The van der Waals surface area contributed by atoms with Gasteiger partial charge in [0, 0.05) is 17.4 Å². The van der Waals surface area contributed by atoms with Crippen LogP contribution in [0, 0.1) is 11.8 Å². The first kappa shape index (κ1) is 33.4. The zero-order valence-electron chi connectivity index (χ0n) is 26.1. The van der Waals surface area contributed by atoms with Crippen LogP contribution in [0.3, 0.4) is 0 Å². The molecular formula is C35H37BrClN3O7. The first-order valence-electron chi connectivity index (χ1n) is 15.9. The van der Waals surface area contributed by atoms with E-state index < -0.39 is 72.2 Å². The maximum absolute atomic E-state index is 14.9. The molecule has 4 aliphatic heterocycles. The van der Waals surface area contributed by atoms with Crippen LogP contribution in [0.1, 0.15) is 44.8 Å². The summed E-state index contributed by atoms with van der Waals surface area (Å²) in [6.45, 7) is 3.29. The van der Waals surface area contributed by atoms with Crippen molar-refractivity contribution in [3.8, 4) is 0 Å². The quantitative estimate of drug-likeness (QED) is 0.345. The van der Waals surface area contributed by atoms with Gasteiger partial charge in [0.05, 0.1) is 35.3 Å². The highest BCUT2D eigenvalue weighted by Crippen LogP contribution is 2.59. The largest absolute Gasteiger partial charge is 0.455 e. The van der Waals surface area contributed by atoms with Crippen molar-refractivity contribution in [1.29, 1.82) is 0 Å². The van der Waals surface area contributed by atoms with Gasteiger partial charge in [-0.2, -0.15) is 0 Å². The van der Waals surface area contributed by atoms with E-state index in [0.717, 1.165) is 0 Å². The summed E-state index contributed by atoms with van der Waals surface area (Å²) in [5.41, 5.74) is -0.424. The summed E-state index contributed by atoms with van der Waals surface area (Å²) in [5, 5.41) is 13.8. The number of hydrogen-bond donors (Lipinski definition) is 2. The molecule has 0 aromatic heterocycles. The van der Waals surface area contributed by atoms with Gasteiger partial charge in [-0.15, -0.1) is 0 Å². The number of likely N-dealkylation sites (tertiary alicyclic amines) is 1. The molecule has 0 aliphatic carbocycles. The van der Waals surface area contributed by atoms with E-state index in [2.05, 4.69) is 21.2 Å². The van der Waals surface area contributed by atoms with Crippen molar-refractivity contribution in [3.05, 3.63) is 87.9 Å². The Labute approximate surface area is 286 Å². The molecule has 2 saturated heterocycles. The summed E-state index contributed by atoms with van der Waals surface area (Å²) in [7, 11) is 0. The van der Waals surface area contributed by atoms with Gasteiger partial charge in [-0.1, -0.05) is 89.1 Å². The predicted molar refractivity (Wildman–Crippen MR) is 178 cm³/mol. The molecule has 0 radical (unpaired) electrons. The lowest BCUT2D eigenvalue weighted by molar-refractivity contribution is -0.161. The number of fused-ring (bicyclic) bond motifs is 2. The number of halogens is 2. The molecule has 6 rings (SSSR count). The molecule has 0 unspecified atom stereocenters. The number of allylic oxidation sites excluding steroid dienone is 1. The number of aliphatic hydroxyl groups is 1. The summed E-state index contributed by atoms with van der Waals surface area (Å²) in [4.78, 5) is 59.7. The van der Waals surface area contributed by atoms with Crippen molar-refractivity contribution in [2.24, 2.45) is 11.8 Å². The summed E-state index contributed by atoms with van der Waals surface area (Å²) >= 11 is 10.2. The number of nitrogens with zero attached hydrogens (tertiary/aromatic N) is 2. The van der Waals surface area contributed by atoms with Crippen LogP contribution in [0.5, 0.6) is 0 Å². The third-order valence-corrected chi connectivity index (χ3v) is 10.6. The smallest absolute Gasteiger partial charge is 0.313 e. The number of nitrogens with one attached hydrogen (secondary N) is 1. The minimum atomic E-state index is -1.52. The van der Waals surface area contributed by atoms with Crippen LogP contribution in [0.4, 0.5) is 5.69 Å². The third kappa shape index (κ3) is 5.81. The van der Waals surface area contributed by atoms with Crippen LogP contribution in [-0.2, 0) is 28.7 Å². The van der Waals surface area contributed by atoms with Crippen molar-refractivity contribution in [3.63, 3.8) is 0 Å². The molecule has 2 N–H and O–H groups in total. The highest BCUT2D eigenvalue weighted by atomic mass is 79.9. The van der Waals surface area contributed by atoms with Crippen molar-refractivity contribution >= 4 is 56.9 Å². The van der Waals surface area contributed by atoms with Gasteiger partial charge in [0.1, 0.15) is 29.8 Å². The minimum absolute atomic E-state index is 0.0889. The van der Waals surface area contributed by atoms with Gasteiger partial charge in [-0.25, -0.2) is 0 Å². The van der Waals surface area contributed by atoms with Gasteiger partial charge in [0.25, 0.3) is 5.91 Å². The van der Waals surface area contributed by atoms with E-state index in [0.29, 0.717) is 33.6 Å². The van der Waals surface area contributed by atoms with E-state index >= 15 is 0 Å². The zero-order chi connectivity index (χ0) is 33.5. The number of para-hydroxylation sites is 1. The topological polar surface area (TPSA) is 125 Å². The van der Waals surface area contributed by atoms with E-state index in [1.165, 1.54) is 9.80 Å². The third-order valence-electron chi connectivity index (χ3n) is 9.56. The second-order valence-electron chi connectivity index (χ2n) is 12.4. The van der Waals surface area contributed by atoms with Crippen LogP contribution in [0.25, 0.3) is 0 Å². The fourth-order valence-electron chi connectivity index (χ4n) is 7.36. The van der Waals surface area contributed by atoms with Crippen molar-refractivity contribution in [2.45, 2.75) is 69.0 Å². The summed E-state index contributed by atoms with van der Waals surface area (Å²) < 4.78 is 13.3. The summed E-state index contributed by atoms with van der Waals surface area (Å²) in [6.07, 6.45) is 4.52. The van der Waals surface area contributed by atoms with Gasteiger partial charge in [0.2, 0.25) is 11.8 Å². The van der Waals surface area contributed by atoms with Crippen LogP contribution >= 0.6 is 27.5 Å². The standard InChI is InChI=1S/C35H37BrClN3O7/c1-3-22(19-41)40-31-33(44)39(25-15-10-9-14-24(25)37)17-11-5-8-16-26(42)38-20(2)29(21-12-6-4-7-13-21)46-34(45)27-28(32(40)43)35(31)18-23(36)30(27)47-35/h4-7,9-15,18,20,22,27-31,41H,3,8,16-17,19H2,1-2H3,(H,38,42)/b11-5-/t20-,22-,27+,28-,29+,30+,31+,35-/m0/s1. The lowest BCUT2D eigenvalue weighted by atomic mass is 9.74. The molecule has 4 heterocycles. The zero-order valence-corrected chi connectivity index (χ0v) is 28.4. The minimum Gasteiger partial charge on any atom is -0.455 e. The van der Waals surface area contributed by atoms with Crippen molar-refractivity contribution in [1.82, 2.24) is 10.2 Å². The number of carbonyl (C=O) groups excluding carboxylic acids is 4. The lowest BCUT2D eigenvalue weighted by Crippen LogP contribution is -2.58. The first-order chi connectivity index (χ1) is 22.6. The molecule has 3 amide bonds. The molecule has 5 bridgehead atoms. The summed E-state index contributed by atoms with van der Waals surface area (Å²) in [5.74, 6) is -4.06. The molecule has 2 aromatic rings. The Hall–Kier alpha value is -3.51. The Bertz CT molecular complexity index is 1620. The predicted octanol–water partition coefficient (Wildman–Crippen LogP) is 4.46. The molecule has 2 aromatic carbocycles. The first-order valence-corrected chi connectivity index (χ1v) is 17.0. The molecule has 0 saturated carbocycles. The van der Waals surface area contributed by atoms with E-state index in [1.54, 1.807) is 43.3 Å². The molecule has 8 atom stereocenters. The molecular weight excluding hydrogens is 690 g/mol. The van der Waals surface area contributed by atoms with Gasteiger partial charge in [-0.05, 0) is 43.5 Å². The van der Waals surface area contributed by atoms with Gasteiger partial charge in [0.15, 0.2) is 0 Å². The number of esters is 1. The average molecular weight is 727 g/mol. The lowest BCUT2D eigenvalue weighted by Gasteiger charge is -2.38. The Kier molecular flexibility index (Phi) is 9.62. The molecule has 1 spiro atoms. The van der Waals surface area contributed by atoms with Crippen molar-refractivity contribution in [2.75, 3.05) is 18.1 Å². The maximum atomic E-state index is 14.9. The molecule has 10 nitrogen and oxygen atoms in total. The average Bonchev–Trinajstić information content (AvgIpc) is 3.66. The number of carbonyl (C=O) groups is 4. The van der Waals surface area contributed by atoms with E-state index in [-0.39, 0.29) is 18.9 Å². The highest BCUT2D eigenvalue weighted by Gasteiger charge is 2.75. The van der Waals surface area contributed by atoms with E-state index in [1.807, 2.05) is 43.3 Å². The number of cyclic esters (lactones) is 1. The van der Waals surface area contributed by atoms with Gasteiger partial charge < -0.3 is 29.7 Å². The normalized spacial score (nSPS) is 32.5. The number of anilines is 1. The Morgan fingerprint density at radius 3 is 2.47 bits per heavy atom. The number of benzene rings is 2. The number of aliphatic hydroxyl groups excluding tert-OH is 1. The number of amides is 3. The Morgan fingerprint density at radius 1 is 1.04 bits per heavy atom. The Morgan fingerprint density at radius 2 is 1.77 bits per heavy atom. The monoisotopic (exact) mass is 725 g/mol. The van der Waals surface area contributed by atoms with E-state index in [9.17, 15) is 24.3 Å². The molecule has 47 heavy (non-hydrogen) atoms. The maximum Gasteiger partial charge on any atom is 0.313 e. The van der Waals surface area contributed by atoms with Crippen LogP contribution < -0.4 is 10.2 Å². The molecule has 12 heteroatoms. The number of rotatable bonds is 5. The summed E-state index contributed by atoms with van der Waals surface area (Å²) in [6, 6.07) is 13.5. The number of hydrogen-bond acceptors (Lipinski definition) is 7. The molecule has 248 valence electrons. The fraction of sp³-hybridized carbons (Fsp3) is 0.429. The fourth-order valence-corrected chi connectivity index (χ4v) is 8.33. The van der Waals surface area contributed by atoms with Gasteiger partial charge >= 0.3 is 5.97 Å². The van der Waals surface area contributed by atoms with Crippen LogP contribution in [0.2, 0.25) is 5.02 Å². The number of ether oxygens (including phenoxy) is 2. The molecule has 2 fully saturated rings. The van der Waals surface area contributed by atoms with Crippen LogP contribution in [-0.4, -0.2) is 76.7 Å². The molecule has 4 aliphatic rings. The van der Waals surface area contributed by atoms with Crippen LogP contribution in [0.15, 0.2) is 77.3 Å². The highest BCUT2D eigenvalue weighted by molar-refractivity contribution is 9.11. The van der Waals surface area contributed by atoms with Crippen molar-refractivity contribution < 1.29 is 33.8 Å². The second-order valence-corrected chi connectivity index (χ2v) is 13.7. The van der Waals surface area contributed by atoms with Gasteiger partial charge in [-0.3, -0.25) is 19.2 Å².